The van der Waals surface area contributed by atoms with E-state index >= 15 is 0 Å². The first-order valence-corrected chi connectivity index (χ1v) is 6.56. The molecule has 0 radical (unpaired) electrons. The van der Waals surface area contributed by atoms with Crippen LogP contribution in [0.25, 0.3) is 0 Å². The summed E-state index contributed by atoms with van der Waals surface area (Å²) in [5.74, 6) is 5.23. The predicted octanol–water partition coefficient (Wildman–Crippen LogP) is -1.19. The molecule has 1 aliphatic rings. The highest BCUT2D eigenvalue weighted by molar-refractivity contribution is 7.87. The molecule has 0 aliphatic carbocycles. The second-order valence-corrected chi connectivity index (χ2v) is 5.74. The van der Waals surface area contributed by atoms with Gasteiger partial charge in [-0.3, -0.25) is 5.84 Å². The van der Waals surface area contributed by atoms with E-state index in [-0.39, 0.29) is 21.7 Å². The number of nitrogens with one attached hydrogen (secondary N) is 2. The smallest absolute Gasteiger partial charge is 0.424 e. The van der Waals surface area contributed by atoms with Crippen LogP contribution in [0.15, 0.2) is 11.9 Å². The minimum absolute atomic E-state index is 0. The number of hydrogen-bond acceptors (Lipinski definition) is 7. The van der Waals surface area contributed by atoms with E-state index in [0.717, 1.165) is 6.20 Å². The van der Waals surface area contributed by atoms with Crippen LogP contribution in [0.4, 0.5) is 4.79 Å². The first-order valence-electron chi connectivity index (χ1n) is 5.12. The molecule has 1 saturated heterocycles. The molecule has 10 heteroatoms. The van der Waals surface area contributed by atoms with Crippen molar-refractivity contribution in [2.75, 3.05) is 13.2 Å². The lowest BCUT2D eigenvalue weighted by atomic mass is 10.0. The number of amides is 1. The molecule has 0 aromatic rings. The Morgan fingerprint density at radius 1 is 1.61 bits per heavy atom. The SMILES string of the molecule is CC(C)(NS(=O)(=O)N1CCOC1=O)/C(=C/N)NN.[HH].[HH]. The molecule has 0 aromatic heterocycles. The molecule has 0 atom stereocenters. The molecule has 1 fully saturated rings. The Kier molecular flexibility index (Phi) is 4.04. The fourth-order valence-electron chi connectivity index (χ4n) is 1.47. The quantitative estimate of drug-likeness (QED) is 0.367. The van der Waals surface area contributed by atoms with Gasteiger partial charge in [0, 0.05) is 9.05 Å². The van der Waals surface area contributed by atoms with Crippen LogP contribution in [0.3, 0.4) is 0 Å². The van der Waals surface area contributed by atoms with Gasteiger partial charge in [0.15, 0.2) is 0 Å². The van der Waals surface area contributed by atoms with Crippen molar-refractivity contribution in [3.8, 4) is 0 Å². The van der Waals surface area contributed by atoms with E-state index in [1.165, 1.54) is 0 Å². The predicted molar refractivity (Wildman–Crippen MR) is 68.0 cm³/mol. The van der Waals surface area contributed by atoms with Gasteiger partial charge < -0.3 is 15.9 Å². The average molecular weight is 283 g/mol. The lowest BCUT2D eigenvalue weighted by molar-refractivity contribution is 0.169. The average Bonchev–Trinajstić information content (AvgIpc) is 2.64. The lowest BCUT2D eigenvalue weighted by Crippen LogP contribution is -2.54. The fraction of sp³-hybridized carbons (Fsp3) is 0.625. The standard InChI is InChI=1S/C8H17N5O4S.2H2/c1-8(2,6(5-9)11-10)12-18(15,16)13-3-4-17-7(13)14;;/h5,11-12H,3-4,9-10H2,1-2H3;2*1H/b6-5-;;. The topological polar surface area (TPSA) is 140 Å². The number of ether oxygens (including phenoxy) is 1. The summed E-state index contributed by atoms with van der Waals surface area (Å²) >= 11 is 0. The highest BCUT2D eigenvalue weighted by Crippen LogP contribution is 2.16. The van der Waals surface area contributed by atoms with Gasteiger partial charge in [0.05, 0.1) is 17.8 Å². The second kappa shape index (κ2) is 5.00. The van der Waals surface area contributed by atoms with Crippen molar-refractivity contribution in [3.05, 3.63) is 11.9 Å². The zero-order valence-corrected chi connectivity index (χ0v) is 11.0. The van der Waals surface area contributed by atoms with E-state index in [1.807, 2.05) is 0 Å². The van der Waals surface area contributed by atoms with Gasteiger partial charge in [-0.1, -0.05) is 0 Å². The molecule has 1 amide bonds. The van der Waals surface area contributed by atoms with Crippen LogP contribution < -0.4 is 21.7 Å². The maximum atomic E-state index is 12.0. The van der Waals surface area contributed by atoms with Crippen molar-refractivity contribution >= 4 is 16.3 Å². The molecule has 18 heavy (non-hydrogen) atoms. The summed E-state index contributed by atoms with van der Waals surface area (Å²) in [6.07, 6.45) is 0.238. The number of cyclic esters (lactones) is 1. The van der Waals surface area contributed by atoms with E-state index in [1.54, 1.807) is 13.8 Å². The maximum absolute atomic E-state index is 12.0. The van der Waals surface area contributed by atoms with E-state index in [9.17, 15) is 13.2 Å². The first-order chi connectivity index (χ1) is 8.24. The van der Waals surface area contributed by atoms with E-state index in [0.29, 0.717) is 4.31 Å². The molecule has 1 heterocycles. The van der Waals surface area contributed by atoms with Gasteiger partial charge in [-0.15, -0.1) is 0 Å². The summed E-state index contributed by atoms with van der Waals surface area (Å²) in [5.41, 5.74) is 6.79. The zero-order valence-electron chi connectivity index (χ0n) is 10.1. The normalized spacial score (nSPS) is 17.8. The van der Waals surface area contributed by atoms with E-state index in [4.69, 9.17) is 11.6 Å². The summed E-state index contributed by atoms with van der Waals surface area (Å²) < 4.78 is 31.4. The summed E-state index contributed by atoms with van der Waals surface area (Å²) in [7, 11) is -4.02. The van der Waals surface area contributed by atoms with Crippen molar-refractivity contribution in [2.24, 2.45) is 11.6 Å². The fourth-order valence-corrected chi connectivity index (χ4v) is 2.90. The monoisotopic (exact) mass is 283 g/mol. The van der Waals surface area contributed by atoms with Crippen LogP contribution in [-0.4, -0.2) is 37.5 Å². The van der Waals surface area contributed by atoms with Crippen LogP contribution in [0.1, 0.15) is 16.7 Å². The van der Waals surface area contributed by atoms with Crippen molar-refractivity contribution < 1.29 is 20.8 Å². The molecule has 0 bridgehead atoms. The Bertz CT molecular complexity index is 467. The number of hydrogen-bond donors (Lipinski definition) is 4. The number of carbonyl (C=O) groups is 1. The van der Waals surface area contributed by atoms with Crippen LogP contribution in [-0.2, 0) is 14.9 Å². The number of nitrogens with zero attached hydrogens (tertiary/aromatic N) is 1. The van der Waals surface area contributed by atoms with Crippen molar-refractivity contribution in [2.45, 2.75) is 19.4 Å². The Morgan fingerprint density at radius 3 is 2.61 bits per heavy atom. The summed E-state index contributed by atoms with van der Waals surface area (Å²) in [6.45, 7) is 3.10. The van der Waals surface area contributed by atoms with Gasteiger partial charge in [0.25, 0.3) is 0 Å². The molecule has 0 aromatic carbocycles. The lowest BCUT2D eigenvalue weighted by Gasteiger charge is -2.29. The van der Waals surface area contributed by atoms with Crippen molar-refractivity contribution in [3.63, 3.8) is 0 Å². The van der Waals surface area contributed by atoms with Gasteiger partial charge in [0.1, 0.15) is 6.61 Å². The third kappa shape index (κ3) is 2.83. The molecule has 0 spiro atoms. The molecule has 1 rings (SSSR count). The van der Waals surface area contributed by atoms with Crippen LogP contribution >= 0.6 is 0 Å². The third-order valence-electron chi connectivity index (χ3n) is 2.39. The number of hydrazine groups is 1. The Balaban J connectivity index is 0. The summed E-state index contributed by atoms with van der Waals surface area (Å²) in [4.78, 5) is 11.2. The van der Waals surface area contributed by atoms with E-state index < -0.39 is 21.8 Å². The Hall–Kier alpha value is -1.52. The largest absolute Gasteiger partial charge is 0.447 e. The molecule has 0 saturated carbocycles. The summed E-state index contributed by atoms with van der Waals surface area (Å²) in [6, 6.07) is 0. The maximum Gasteiger partial charge on any atom is 0.424 e. The number of carbonyl (C=O) groups excluding carboxylic acids is 1. The van der Waals surface area contributed by atoms with Gasteiger partial charge in [-0.2, -0.15) is 17.4 Å². The Labute approximate surface area is 108 Å². The van der Waals surface area contributed by atoms with Gasteiger partial charge in [0.2, 0.25) is 0 Å². The molecule has 0 unspecified atom stereocenters. The van der Waals surface area contributed by atoms with Crippen LogP contribution in [0.2, 0.25) is 0 Å². The minimum atomic E-state index is -4.02. The Morgan fingerprint density at radius 2 is 2.22 bits per heavy atom. The first kappa shape index (κ1) is 14.5. The molecule has 9 nitrogen and oxygen atoms in total. The zero-order chi connectivity index (χ0) is 14.0. The molecule has 6 N–H and O–H groups in total. The third-order valence-corrected chi connectivity index (χ3v) is 4.07. The summed E-state index contributed by atoms with van der Waals surface area (Å²) in [5, 5.41) is 0. The van der Waals surface area contributed by atoms with E-state index in [2.05, 4.69) is 14.9 Å². The van der Waals surface area contributed by atoms with Crippen molar-refractivity contribution in [1.82, 2.24) is 14.5 Å². The number of nitrogens with two attached hydrogens (primary N) is 2. The molecular weight excluding hydrogens is 262 g/mol. The molecule has 108 valence electrons. The van der Waals surface area contributed by atoms with Crippen LogP contribution in [0.5, 0.6) is 0 Å². The van der Waals surface area contributed by atoms with Crippen LogP contribution in [0, 0.1) is 0 Å². The van der Waals surface area contributed by atoms with Crippen molar-refractivity contribution in [1.29, 1.82) is 0 Å². The minimum Gasteiger partial charge on any atom is -0.447 e. The van der Waals surface area contributed by atoms with Gasteiger partial charge in [-0.25, -0.2) is 4.79 Å². The highest BCUT2D eigenvalue weighted by Gasteiger charge is 2.38. The van der Waals surface area contributed by atoms with Gasteiger partial charge in [-0.05, 0) is 13.8 Å². The number of rotatable bonds is 5. The molecular formula is C8H21N5O4S. The molecule has 1 aliphatic heterocycles. The second-order valence-electron chi connectivity index (χ2n) is 4.14. The van der Waals surface area contributed by atoms with Gasteiger partial charge >= 0.3 is 16.3 Å². The highest BCUT2D eigenvalue weighted by atomic mass is 32.2.